The highest BCUT2D eigenvalue weighted by Crippen LogP contribution is 2.34. The van der Waals surface area contributed by atoms with Gasteiger partial charge in [0.15, 0.2) is 0 Å². The standard InChI is InChI=1S/C23H36N2O2/c1-4-19-10-13-25(14-11-19)22(26)23(24-20-8-6-5-7-9-20)12-15-27-21(17-23)16-18(2)3/h5-9,18-19,21,24H,4,10-17H2,1-3H3. The van der Waals surface area contributed by atoms with Crippen LogP contribution in [-0.4, -0.2) is 42.1 Å². The Balaban J connectivity index is 1.79. The number of nitrogens with zero attached hydrogens (tertiary/aromatic N) is 1. The SMILES string of the molecule is CCC1CCN(C(=O)C2(Nc3ccccc3)CCOC(CC(C)C)C2)CC1. The minimum Gasteiger partial charge on any atom is -0.378 e. The van der Waals surface area contributed by atoms with Crippen LogP contribution in [0.25, 0.3) is 0 Å². The van der Waals surface area contributed by atoms with Crippen LogP contribution in [0.3, 0.4) is 0 Å². The first-order chi connectivity index (χ1) is 13.0. The van der Waals surface area contributed by atoms with E-state index in [0.29, 0.717) is 12.5 Å². The third kappa shape index (κ3) is 5.04. The Morgan fingerprint density at radius 2 is 1.96 bits per heavy atom. The molecule has 0 aliphatic carbocycles. The lowest BCUT2D eigenvalue weighted by Gasteiger charge is -2.45. The second kappa shape index (κ2) is 9.09. The Labute approximate surface area is 164 Å². The molecule has 3 rings (SSSR count). The molecule has 27 heavy (non-hydrogen) atoms. The monoisotopic (exact) mass is 372 g/mol. The van der Waals surface area contributed by atoms with Gasteiger partial charge in [-0.2, -0.15) is 0 Å². The van der Waals surface area contributed by atoms with Crippen molar-refractivity contribution in [3.63, 3.8) is 0 Å². The van der Waals surface area contributed by atoms with Gasteiger partial charge in [0.05, 0.1) is 6.10 Å². The van der Waals surface area contributed by atoms with Crippen molar-refractivity contribution in [3.8, 4) is 0 Å². The zero-order valence-corrected chi connectivity index (χ0v) is 17.2. The lowest BCUT2D eigenvalue weighted by Crippen LogP contribution is -2.59. The second-order valence-corrected chi connectivity index (χ2v) is 8.79. The molecule has 0 spiro atoms. The van der Waals surface area contributed by atoms with Crippen LogP contribution in [0.4, 0.5) is 5.69 Å². The molecule has 150 valence electrons. The lowest BCUT2D eigenvalue weighted by molar-refractivity contribution is -0.143. The number of benzene rings is 1. The molecular formula is C23H36N2O2. The number of nitrogens with one attached hydrogen (secondary N) is 1. The predicted molar refractivity (Wildman–Crippen MR) is 111 cm³/mol. The molecule has 1 aromatic carbocycles. The van der Waals surface area contributed by atoms with Crippen LogP contribution in [-0.2, 0) is 9.53 Å². The van der Waals surface area contributed by atoms with Crippen molar-refractivity contribution in [2.45, 2.75) is 70.9 Å². The maximum Gasteiger partial charge on any atom is 0.248 e. The van der Waals surface area contributed by atoms with E-state index in [1.807, 2.05) is 18.2 Å². The molecule has 4 nitrogen and oxygen atoms in total. The van der Waals surface area contributed by atoms with Crippen molar-refractivity contribution in [2.75, 3.05) is 25.0 Å². The molecule has 1 N–H and O–H groups in total. The first-order valence-electron chi connectivity index (χ1n) is 10.8. The Morgan fingerprint density at radius 1 is 1.26 bits per heavy atom. The van der Waals surface area contributed by atoms with Gasteiger partial charge in [-0.15, -0.1) is 0 Å². The quantitative estimate of drug-likeness (QED) is 0.786. The van der Waals surface area contributed by atoms with Gasteiger partial charge in [-0.05, 0) is 43.2 Å². The van der Waals surface area contributed by atoms with Gasteiger partial charge in [0.2, 0.25) is 5.91 Å². The zero-order valence-electron chi connectivity index (χ0n) is 17.2. The van der Waals surface area contributed by atoms with Crippen LogP contribution in [0, 0.1) is 11.8 Å². The number of amides is 1. The fourth-order valence-electron chi connectivity index (χ4n) is 4.63. The van der Waals surface area contributed by atoms with Crippen molar-refractivity contribution in [2.24, 2.45) is 11.8 Å². The smallest absolute Gasteiger partial charge is 0.248 e. The third-order valence-electron chi connectivity index (χ3n) is 6.24. The van der Waals surface area contributed by atoms with Crippen LogP contribution < -0.4 is 5.32 Å². The van der Waals surface area contributed by atoms with Gasteiger partial charge >= 0.3 is 0 Å². The Hall–Kier alpha value is -1.55. The van der Waals surface area contributed by atoms with Gasteiger partial charge in [-0.3, -0.25) is 4.79 Å². The summed E-state index contributed by atoms with van der Waals surface area (Å²) in [6.45, 7) is 9.14. The zero-order chi connectivity index (χ0) is 19.3. The maximum atomic E-state index is 13.7. The highest BCUT2D eigenvalue weighted by Gasteiger charge is 2.46. The van der Waals surface area contributed by atoms with E-state index in [2.05, 4.69) is 43.1 Å². The predicted octanol–water partition coefficient (Wildman–Crippen LogP) is 4.71. The van der Waals surface area contributed by atoms with Crippen LogP contribution in [0.1, 0.15) is 59.3 Å². The van der Waals surface area contributed by atoms with E-state index in [9.17, 15) is 4.79 Å². The molecule has 2 heterocycles. The molecule has 0 aromatic heterocycles. The number of para-hydroxylation sites is 1. The summed E-state index contributed by atoms with van der Waals surface area (Å²) in [4.78, 5) is 15.8. The molecule has 0 bridgehead atoms. The van der Waals surface area contributed by atoms with Gasteiger partial charge < -0.3 is 15.0 Å². The normalized spacial score (nSPS) is 27.0. The molecule has 2 atom stereocenters. The molecular weight excluding hydrogens is 336 g/mol. The average Bonchev–Trinajstić information content (AvgIpc) is 2.68. The molecule has 2 aliphatic rings. The minimum atomic E-state index is -0.543. The summed E-state index contributed by atoms with van der Waals surface area (Å²) >= 11 is 0. The molecule has 0 saturated carbocycles. The number of anilines is 1. The molecule has 2 unspecified atom stereocenters. The number of hydrogen-bond acceptors (Lipinski definition) is 3. The van der Waals surface area contributed by atoms with Gasteiger partial charge in [-0.1, -0.05) is 45.4 Å². The molecule has 2 aliphatic heterocycles. The largest absolute Gasteiger partial charge is 0.378 e. The van der Waals surface area contributed by atoms with Crippen molar-refractivity contribution < 1.29 is 9.53 Å². The number of ether oxygens (including phenoxy) is 1. The highest BCUT2D eigenvalue weighted by atomic mass is 16.5. The van der Waals surface area contributed by atoms with Gasteiger partial charge in [0, 0.05) is 38.2 Å². The number of piperidine rings is 1. The van der Waals surface area contributed by atoms with Crippen molar-refractivity contribution in [3.05, 3.63) is 30.3 Å². The fourth-order valence-corrected chi connectivity index (χ4v) is 4.63. The summed E-state index contributed by atoms with van der Waals surface area (Å²) in [5.74, 6) is 1.62. The van der Waals surface area contributed by atoms with E-state index in [0.717, 1.165) is 56.8 Å². The number of carbonyl (C=O) groups excluding carboxylic acids is 1. The summed E-state index contributed by atoms with van der Waals surface area (Å²) in [5.41, 5.74) is 0.484. The third-order valence-corrected chi connectivity index (χ3v) is 6.24. The molecule has 2 fully saturated rings. The number of likely N-dealkylation sites (tertiary alicyclic amines) is 1. The molecule has 0 radical (unpaired) electrons. The summed E-state index contributed by atoms with van der Waals surface area (Å²) in [7, 11) is 0. The second-order valence-electron chi connectivity index (χ2n) is 8.79. The van der Waals surface area contributed by atoms with Crippen LogP contribution in [0.2, 0.25) is 0 Å². The number of carbonyl (C=O) groups is 1. The van der Waals surface area contributed by atoms with Crippen molar-refractivity contribution in [1.29, 1.82) is 0 Å². The van der Waals surface area contributed by atoms with E-state index >= 15 is 0 Å². The van der Waals surface area contributed by atoms with Gasteiger partial charge in [0.1, 0.15) is 5.54 Å². The van der Waals surface area contributed by atoms with E-state index in [-0.39, 0.29) is 12.0 Å². The van der Waals surface area contributed by atoms with Crippen LogP contribution in [0.5, 0.6) is 0 Å². The molecule has 1 amide bonds. The number of hydrogen-bond donors (Lipinski definition) is 1. The van der Waals surface area contributed by atoms with Crippen LogP contribution in [0.15, 0.2) is 30.3 Å². The van der Waals surface area contributed by atoms with E-state index in [1.165, 1.54) is 6.42 Å². The lowest BCUT2D eigenvalue weighted by atomic mass is 9.81. The summed E-state index contributed by atoms with van der Waals surface area (Å²) in [6, 6.07) is 10.2. The van der Waals surface area contributed by atoms with Crippen molar-refractivity contribution in [1.82, 2.24) is 4.90 Å². The summed E-state index contributed by atoms with van der Waals surface area (Å²) < 4.78 is 6.04. The molecule has 1 aromatic rings. The van der Waals surface area contributed by atoms with E-state index in [1.54, 1.807) is 0 Å². The Kier molecular flexibility index (Phi) is 6.80. The van der Waals surface area contributed by atoms with E-state index in [4.69, 9.17) is 4.74 Å². The topological polar surface area (TPSA) is 41.6 Å². The summed E-state index contributed by atoms with van der Waals surface area (Å²) in [6.07, 6.45) is 6.14. The molecule has 4 heteroatoms. The highest BCUT2D eigenvalue weighted by molar-refractivity contribution is 5.90. The fraction of sp³-hybridized carbons (Fsp3) is 0.696. The van der Waals surface area contributed by atoms with Crippen molar-refractivity contribution >= 4 is 11.6 Å². The van der Waals surface area contributed by atoms with Gasteiger partial charge in [-0.25, -0.2) is 0 Å². The van der Waals surface area contributed by atoms with Gasteiger partial charge in [0.25, 0.3) is 0 Å². The van der Waals surface area contributed by atoms with Crippen LogP contribution >= 0.6 is 0 Å². The first-order valence-corrected chi connectivity index (χ1v) is 10.8. The number of rotatable bonds is 6. The average molecular weight is 373 g/mol. The maximum absolute atomic E-state index is 13.7. The van der Waals surface area contributed by atoms with E-state index < -0.39 is 5.54 Å². The minimum absolute atomic E-state index is 0.145. The Bertz CT molecular complexity index is 596. The molecule has 2 saturated heterocycles. The summed E-state index contributed by atoms with van der Waals surface area (Å²) in [5, 5.41) is 3.65. The first kappa shape index (κ1) is 20.2. The Morgan fingerprint density at radius 3 is 2.59 bits per heavy atom.